The molecule has 1 saturated heterocycles. The Morgan fingerprint density at radius 3 is 2.75 bits per heavy atom. The van der Waals surface area contributed by atoms with E-state index in [0.29, 0.717) is 6.42 Å². The summed E-state index contributed by atoms with van der Waals surface area (Å²) in [6.45, 7) is 3.24. The number of ether oxygens (including phenoxy) is 1. The van der Waals surface area contributed by atoms with Crippen LogP contribution in [0.2, 0.25) is 0 Å². The highest BCUT2D eigenvalue weighted by molar-refractivity contribution is 5.66. The zero-order chi connectivity index (χ0) is 14.4. The number of carbonyl (C=O) groups is 1. The van der Waals surface area contributed by atoms with Crippen LogP contribution in [0.5, 0.6) is 5.75 Å². The van der Waals surface area contributed by atoms with Gasteiger partial charge in [0.15, 0.2) is 0 Å². The minimum atomic E-state index is -0.726. The summed E-state index contributed by atoms with van der Waals surface area (Å²) in [5, 5.41) is 8.69. The lowest BCUT2D eigenvalue weighted by Crippen LogP contribution is -2.18. The Bertz CT molecular complexity index is 453. The van der Waals surface area contributed by atoms with Crippen LogP contribution in [0.25, 0.3) is 0 Å². The van der Waals surface area contributed by atoms with E-state index in [1.165, 1.54) is 24.0 Å². The summed E-state index contributed by atoms with van der Waals surface area (Å²) in [5.74, 6) is 0.203. The van der Waals surface area contributed by atoms with Crippen molar-refractivity contribution in [2.45, 2.75) is 38.6 Å². The van der Waals surface area contributed by atoms with E-state index in [0.717, 1.165) is 31.8 Å². The number of benzene rings is 1. The van der Waals surface area contributed by atoms with Gasteiger partial charge in [-0.25, -0.2) is 0 Å². The molecule has 0 bridgehead atoms. The van der Waals surface area contributed by atoms with Crippen molar-refractivity contribution in [3.05, 3.63) is 29.3 Å². The van der Waals surface area contributed by atoms with Crippen LogP contribution in [0.1, 0.15) is 36.8 Å². The van der Waals surface area contributed by atoms with Crippen LogP contribution in [0.15, 0.2) is 18.2 Å². The molecule has 2 rings (SSSR count). The largest absolute Gasteiger partial charge is 0.496 e. The van der Waals surface area contributed by atoms with Crippen LogP contribution < -0.4 is 4.74 Å². The van der Waals surface area contributed by atoms with Gasteiger partial charge in [-0.2, -0.15) is 0 Å². The number of carboxylic acids is 1. The first-order chi connectivity index (χ1) is 9.69. The molecule has 1 aliphatic rings. The van der Waals surface area contributed by atoms with Crippen LogP contribution >= 0.6 is 0 Å². The van der Waals surface area contributed by atoms with Gasteiger partial charge in [-0.05, 0) is 50.4 Å². The van der Waals surface area contributed by atoms with Crippen LogP contribution in [0.4, 0.5) is 0 Å². The average molecular weight is 277 g/mol. The molecule has 0 aliphatic carbocycles. The fraction of sp³-hybridized carbons (Fsp3) is 0.562. The summed E-state index contributed by atoms with van der Waals surface area (Å²) in [6.07, 6.45) is 4.28. The third-order valence-electron chi connectivity index (χ3n) is 3.79. The Hall–Kier alpha value is -1.55. The quantitative estimate of drug-likeness (QED) is 0.832. The van der Waals surface area contributed by atoms with Gasteiger partial charge in [0.1, 0.15) is 5.75 Å². The van der Waals surface area contributed by atoms with Gasteiger partial charge in [0, 0.05) is 18.5 Å². The third-order valence-corrected chi connectivity index (χ3v) is 3.79. The second kappa shape index (κ2) is 7.29. The molecule has 0 saturated carbocycles. The molecule has 4 nitrogen and oxygen atoms in total. The topological polar surface area (TPSA) is 49.8 Å². The highest BCUT2D eigenvalue weighted by Crippen LogP contribution is 2.24. The fourth-order valence-electron chi connectivity index (χ4n) is 2.74. The average Bonchev–Trinajstić information content (AvgIpc) is 2.91. The molecule has 1 fully saturated rings. The van der Waals surface area contributed by atoms with Gasteiger partial charge in [-0.15, -0.1) is 0 Å². The van der Waals surface area contributed by atoms with Gasteiger partial charge in [-0.1, -0.05) is 12.1 Å². The van der Waals surface area contributed by atoms with Crippen molar-refractivity contribution in [2.24, 2.45) is 0 Å². The summed E-state index contributed by atoms with van der Waals surface area (Å²) in [5.41, 5.74) is 2.41. The number of hydrogen-bond donors (Lipinski definition) is 1. The van der Waals surface area contributed by atoms with Crippen molar-refractivity contribution in [1.29, 1.82) is 0 Å². The molecule has 0 atom stereocenters. The number of hydrogen-bond acceptors (Lipinski definition) is 3. The molecule has 1 heterocycles. The van der Waals surface area contributed by atoms with E-state index >= 15 is 0 Å². The Kier molecular flexibility index (Phi) is 5.41. The van der Waals surface area contributed by atoms with Gasteiger partial charge in [0.25, 0.3) is 0 Å². The van der Waals surface area contributed by atoms with Crippen molar-refractivity contribution in [2.75, 3.05) is 20.2 Å². The maximum atomic E-state index is 10.6. The molecule has 0 amide bonds. The molecule has 110 valence electrons. The lowest BCUT2D eigenvalue weighted by molar-refractivity contribution is -0.137. The second-order valence-corrected chi connectivity index (χ2v) is 5.38. The number of aryl methyl sites for hydroxylation is 1. The van der Waals surface area contributed by atoms with E-state index in [-0.39, 0.29) is 6.42 Å². The van der Waals surface area contributed by atoms with Gasteiger partial charge >= 0.3 is 5.97 Å². The minimum absolute atomic E-state index is 0.230. The van der Waals surface area contributed by atoms with E-state index < -0.39 is 5.97 Å². The zero-order valence-corrected chi connectivity index (χ0v) is 12.1. The Morgan fingerprint density at radius 1 is 1.35 bits per heavy atom. The molecule has 4 heteroatoms. The molecule has 1 aliphatic heterocycles. The molecule has 20 heavy (non-hydrogen) atoms. The number of carboxylic acid groups (broad SMARTS) is 1. The van der Waals surface area contributed by atoms with E-state index in [2.05, 4.69) is 11.0 Å². The second-order valence-electron chi connectivity index (χ2n) is 5.38. The highest BCUT2D eigenvalue weighted by atomic mass is 16.5. The fourth-order valence-corrected chi connectivity index (χ4v) is 2.74. The lowest BCUT2D eigenvalue weighted by atomic mass is 10.0. The van der Waals surface area contributed by atoms with E-state index in [1.54, 1.807) is 7.11 Å². The van der Waals surface area contributed by atoms with Gasteiger partial charge in [0.2, 0.25) is 0 Å². The predicted octanol–water partition coefficient (Wildman–Crippen LogP) is 2.70. The van der Waals surface area contributed by atoms with Crippen molar-refractivity contribution in [3.8, 4) is 5.75 Å². The molecule has 1 N–H and O–H groups in total. The molecule has 1 aromatic rings. The Morgan fingerprint density at radius 2 is 2.10 bits per heavy atom. The summed E-state index contributed by atoms with van der Waals surface area (Å²) < 4.78 is 5.43. The van der Waals surface area contributed by atoms with Crippen LogP contribution in [0.3, 0.4) is 0 Å². The molecular weight excluding hydrogens is 254 g/mol. The van der Waals surface area contributed by atoms with Crippen LogP contribution in [0, 0.1) is 0 Å². The van der Waals surface area contributed by atoms with Gasteiger partial charge < -0.3 is 9.84 Å². The summed E-state index contributed by atoms with van der Waals surface area (Å²) in [6, 6.07) is 6.20. The van der Waals surface area contributed by atoms with E-state index in [4.69, 9.17) is 9.84 Å². The number of nitrogens with zero attached hydrogens (tertiary/aromatic N) is 1. The van der Waals surface area contributed by atoms with Crippen LogP contribution in [-0.4, -0.2) is 36.2 Å². The maximum Gasteiger partial charge on any atom is 0.303 e. The summed E-state index contributed by atoms with van der Waals surface area (Å²) >= 11 is 0. The molecular formula is C16H23NO3. The molecule has 1 aromatic carbocycles. The Labute approximate surface area is 120 Å². The number of methoxy groups -OCH3 is 1. The normalized spacial score (nSPS) is 15.4. The van der Waals surface area contributed by atoms with E-state index in [9.17, 15) is 4.79 Å². The van der Waals surface area contributed by atoms with Crippen molar-refractivity contribution in [1.82, 2.24) is 4.90 Å². The first-order valence-electron chi connectivity index (χ1n) is 7.29. The molecule has 0 radical (unpaired) electrons. The van der Waals surface area contributed by atoms with Gasteiger partial charge in [-0.3, -0.25) is 9.69 Å². The first-order valence-corrected chi connectivity index (χ1v) is 7.29. The monoisotopic (exact) mass is 277 g/mol. The molecule has 0 aromatic heterocycles. The summed E-state index contributed by atoms with van der Waals surface area (Å²) in [7, 11) is 1.70. The minimum Gasteiger partial charge on any atom is -0.496 e. The van der Waals surface area contributed by atoms with E-state index in [1.807, 2.05) is 12.1 Å². The first kappa shape index (κ1) is 14.9. The number of likely N-dealkylation sites (tertiary alicyclic amines) is 1. The summed E-state index contributed by atoms with van der Waals surface area (Å²) in [4.78, 5) is 13.0. The van der Waals surface area contributed by atoms with Crippen molar-refractivity contribution >= 4 is 5.97 Å². The standard InChI is InChI=1S/C16H23NO3/c1-20-15-8-7-13(5-4-6-16(18)19)11-14(15)12-17-9-2-3-10-17/h7-8,11H,2-6,9-10,12H2,1H3,(H,18,19). The highest BCUT2D eigenvalue weighted by Gasteiger charge is 2.14. The maximum absolute atomic E-state index is 10.6. The number of rotatable bonds is 7. The predicted molar refractivity (Wildman–Crippen MR) is 78.1 cm³/mol. The molecule has 0 spiro atoms. The number of aliphatic carboxylic acids is 1. The van der Waals surface area contributed by atoms with Gasteiger partial charge in [0.05, 0.1) is 7.11 Å². The van der Waals surface area contributed by atoms with Crippen LogP contribution in [-0.2, 0) is 17.8 Å². The Balaban J connectivity index is 2.01. The smallest absolute Gasteiger partial charge is 0.303 e. The molecule has 0 unspecified atom stereocenters. The van der Waals surface area contributed by atoms with Crippen molar-refractivity contribution in [3.63, 3.8) is 0 Å². The third kappa shape index (κ3) is 4.23. The SMILES string of the molecule is COc1ccc(CCCC(=O)O)cc1CN1CCCC1. The van der Waals surface area contributed by atoms with Crippen molar-refractivity contribution < 1.29 is 14.6 Å². The zero-order valence-electron chi connectivity index (χ0n) is 12.1. The lowest BCUT2D eigenvalue weighted by Gasteiger charge is -2.17.